The molecule has 2 rings (SSSR count). The van der Waals surface area contributed by atoms with E-state index in [-0.39, 0.29) is 17.5 Å². The molecule has 86 valence electrons. The van der Waals surface area contributed by atoms with Crippen LogP contribution in [0.4, 0.5) is 4.79 Å². The van der Waals surface area contributed by atoms with Crippen molar-refractivity contribution in [2.75, 3.05) is 6.54 Å². The van der Waals surface area contributed by atoms with E-state index in [0.717, 1.165) is 5.56 Å². The zero-order chi connectivity index (χ0) is 11.8. The molecule has 0 aliphatic carbocycles. The van der Waals surface area contributed by atoms with Gasteiger partial charge in [-0.15, -0.1) is 0 Å². The number of carbonyl (C=O) groups excluding carboxylic acids is 1. The van der Waals surface area contributed by atoms with Crippen LogP contribution >= 0.6 is 0 Å². The van der Waals surface area contributed by atoms with E-state index in [4.69, 9.17) is 0 Å². The Hall–Kier alpha value is -1.51. The van der Waals surface area contributed by atoms with Gasteiger partial charge in [-0.1, -0.05) is 45.0 Å². The predicted octanol–water partition coefficient (Wildman–Crippen LogP) is 2.34. The Morgan fingerprint density at radius 2 is 1.81 bits per heavy atom. The normalized spacial score (nSPS) is 20.4. The molecule has 0 aromatic heterocycles. The lowest BCUT2D eigenvalue weighted by Crippen LogP contribution is -2.21. The maximum absolute atomic E-state index is 11.0. The summed E-state index contributed by atoms with van der Waals surface area (Å²) in [6.45, 7) is 7.26. The van der Waals surface area contributed by atoms with Crippen molar-refractivity contribution in [2.45, 2.75) is 32.2 Å². The topological polar surface area (TPSA) is 41.1 Å². The van der Waals surface area contributed by atoms with Gasteiger partial charge in [-0.05, 0) is 16.5 Å². The fourth-order valence-corrected chi connectivity index (χ4v) is 1.87. The van der Waals surface area contributed by atoms with E-state index in [1.165, 1.54) is 5.56 Å². The summed E-state index contributed by atoms with van der Waals surface area (Å²) in [5.74, 6) is 0. The molecule has 0 radical (unpaired) electrons. The molecule has 1 fully saturated rings. The van der Waals surface area contributed by atoms with Gasteiger partial charge in [0, 0.05) is 6.54 Å². The SMILES string of the molecule is CC(C)(C)c1ccc([C@H]2CNC(=O)N2)cc1. The molecule has 0 saturated carbocycles. The van der Waals surface area contributed by atoms with Gasteiger partial charge in [-0.2, -0.15) is 0 Å². The Balaban J connectivity index is 2.17. The highest BCUT2D eigenvalue weighted by Crippen LogP contribution is 2.24. The van der Waals surface area contributed by atoms with Gasteiger partial charge in [0.05, 0.1) is 6.04 Å². The first-order chi connectivity index (χ1) is 7.47. The minimum absolute atomic E-state index is 0.0788. The van der Waals surface area contributed by atoms with E-state index in [1.807, 2.05) is 0 Å². The molecule has 1 aromatic rings. The quantitative estimate of drug-likeness (QED) is 0.746. The smallest absolute Gasteiger partial charge is 0.315 e. The minimum Gasteiger partial charge on any atom is -0.336 e. The highest BCUT2D eigenvalue weighted by molar-refractivity contribution is 5.76. The van der Waals surface area contributed by atoms with Crippen LogP contribution < -0.4 is 10.6 Å². The van der Waals surface area contributed by atoms with E-state index in [9.17, 15) is 4.79 Å². The fraction of sp³-hybridized carbons (Fsp3) is 0.462. The summed E-state index contributed by atoms with van der Waals surface area (Å²) in [5.41, 5.74) is 2.65. The molecule has 1 aliphatic rings. The van der Waals surface area contributed by atoms with Gasteiger partial charge in [0.25, 0.3) is 0 Å². The zero-order valence-corrected chi connectivity index (χ0v) is 10.0. The molecule has 1 atom stereocenters. The molecule has 1 heterocycles. The summed E-state index contributed by atoms with van der Waals surface area (Å²) in [6.07, 6.45) is 0. The van der Waals surface area contributed by atoms with Crippen molar-refractivity contribution in [3.8, 4) is 0 Å². The molecule has 2 amide bonds. The second-order valence-electron chi connectivity index (χ2n) is 5.28. The number of rotatable bonds is 1. The number of amides is 2. The van der Waals surface area contributed by atoms with Gasteiger partial charge in [0.15, 0.2) is 0 Å². The van der Waals surface area contributed by atoms with Crippen LogP contribution in [-0.4, -0.2) is 12.6 Å². The average molecular weight is 218 g/mol. The average Bonchev–Trinajstić information content (AvgIpc) is 2.64. The van der Waals surface area contributed by atoms with Crippen LogP contribution in [0.25, 0.3) is 0 Å². The first kappa shape index (κ1) is 11.0. The number of nitrogens with one attached hydrogen (secondary N) is 2. The van der Waals surface area contributed by atoms with Crippen LogP contribution in [0.3, 0.4) is 0 Å². The Bertz CT molecular complexity index is 389. The Morgan fingerprint density at radius 1 is 1.19 bits per heavy atom. The van der Waals surface area contributed by atoms with Crippen LogP contribution in [0.5, 0.6) is 0 Å². The number of carbonyl (C=O) groups is 1. The number of hydrogen-bond donors (Lipinski definition) is 2. The second-order valence-corrected chi connectivity index (χ2v) is 5.28. The van der Waals surface area contributed by atoms with Crippen molar-refractivity contribution in [1.82, 2.24) is 10.6 Å². The molecule has 1 aromatic carbocycles. The van der Waals surface area contributed by atoms with Crippen molar-refractivity contribution >= 4 is 6.03 Å². The van der Waals surface area contributed by atoms with Crippen molar-refractivity contribution in [1.29, 1.82) is 0 Å². The van der Waals surface area contributed by atoms with E-state index in [1.54, 1.807) is 0 Å². The molecule has 16 heavy (non-hydrogen) atoms. The summed E-state index contributed by atoms with van der Waals surface area (Å²) in [6, 6.07) is 8.50. The van der Waals surface area contributed by atoms with Gasteiger partial charge in [0.2, 0.25) is 0 Å². The molecular formula is C13H18N2O. The summed E-state index contributed by atoms with van der Waals surface area (Å²) >= 11 is 0. The molecule has 2 N–H and O–H groups in total. The maximum Gasteiger partial charge on any atom is 0.315 e. The lowest BCUT2D eigenvalue weighted by Gasteiger charge is -2.20. The van der Waals surface area contributed by atoms with Gasteiger partial charge in [-0.25, -0.2) is 4.79 Å². The summed E-state index contributed by atoms with van der Waals surface area (Å²) in [7, 11) is 0. The molecule has 0 unspecified atom stereocenters. The van der Waals surface area contributed by atoms with Gasteiger partial charge >= 0.3 is 6.03 Å². The van der Waals surface area contributed by atoms with E-state index in [2.05, 4.69) is 55.7 Å². The predicted molar refractivity (Wildman–Crippen MR) is 64.4 cm³/mol. The molecule has 3 nitrogen and oxygen atoms in total. The van der Waals surface area contributed by atoms with Crippen LogP contribution in [0.1, 0.15) is 37.9 Å². The molecule has 1 aliphatic heterocycles. The van der Waals surface area contributed by atoms with Gasteiger partial charge in [-0.3, -0.25) is 0 Å². The first-order valence-corrected chi connectivity index (χ1v) is 5.61. The zero-order valence-electron chi connectivity index (χ0n) is 10.0. The second kappa shape index (κ2) is 3.81. The standard InChI is InChI=1S/C13H18N2O/c1-13(2,3)10-6-4-9(5-7-10)11-8-14-12(16)15-11/h4-7,11H,8H2,1-3H3,(H2,14,15,16)/t11-/m1/s1. The molecule has 3 heteroatoms. The Kier molecular flexibility index (Phi) is 2.62. The van der Waals surface area contributed by atoms with Crippen molar-refractivity contribution in [3.05, 3.63) is 35.4 Å². The van der Waals surface area contributed by atoms with Gasteiger partial charge < -0.3 is 10.6 Å². The lowest BCUT2D eigenvalue weighted by molar-refractivity contribution is 0.247. The van der Waals surface area contributed by atoms with Crippen molar-refractivity contribution in [3.63, 3.8) is 0 Å². The van der Waals surface area contributed by atoms with Gasteiger partial charge in [0.1, 0.15) is 0 Å². The van der Waals surface area contributed by atoms with E-state index >= 15 is 0 Å². The first-order valence-electron chi connectivity index (χ1n) is 5.61. The maximum atomic E-state index is 11.0. The summed E-state index contributed by atoms with van der Waals surface area (Å²) in [5, 5.41) is 5.64. The van der Waals surface area contributed by atoms with Crippen molar-refractivity contribution in [2.24, 2.45) is 0 Å². The molecular weight excluding hydrogens is 200 g/mol. The highest BCUT2D eigenvalue weighted by Gasteiger charge is 2.22. The molecule has 0 bridgehead atoms. The van der Waals surface area contributed by atoms with Crippen LogP contribution in [0, 0.1) is 0 Å². The largest absolute Gasteiger partial charge is 0.336 e. The Labute approximate surface area is 96.2 Å². The highest BCUT2D eigenvalue weighted by atomic mass is 16.2. The fourth-order valence-electron chi connectivity index (χ4n) is 1.87. The number of urea groups is 1. The van der Waals surface area contributed by atoms with E-state index < -0.39 is 0 Å². The minimum atomic E-state index is -0.0788. The number of hydrogen-bond acceptors (Lipinski definition) is 1. The third kappa shape index (κ3) is 2.18. The molecule has 0 spiro atoms. The van der Waals surface area contributed by atoms with Crippen LogP contribution in [0.2, 0.25) is 0 Å². The third-order valence-electron chi connectivity index (χ3n) is 2.95. The monoisotopic (exact) mass is 218 g/mol. The van der Waals surface area contributed by atoms with Crippen molar-refractivity contribution < 1.29 is 4.79 Å². The van der Waals surface area contributed by atoms with Crippen LogP contribution in [0.15, 0.2) is 24.3 Å². The van der Waals surface area contributed by atoms with Crippen LogP contribution in [-0.2, 0) is 5.41 Å². The lowest BCUT2D eigenvalue weighted by atomic mass is 9.86. The Morgan fingerprint density at radius 3 is 2.25 bits per heavy atom. The third-order valence-corrected chi connectivity index (χ3v) is 2.95. The molecule has 1 saturated heterocycles. The summed E-state index contributed by atoms with van der Waals surface area (Å²) in [4.78, 5) is 11.0. The summed E-state index contributed by atoms with van der Waals surface area (Å²) < 4.78 is 0. The number of benzene rings is 1. The van der Waals surface area contributed by atoms with E-state index in [0.29, 0.717) is 6.54 Å².